The molecular weight excluding hydrogens is 284 g/mol. The first-order chi connectivity index (χ1) is 9.81. The summed E-state index contributed by atoms with van der Waals surface area (Å²) in [5.41, 5.74) is 6.12. The zero-order valence-electron chi connectivity index (χ0n) is 11.9. The van der Waals surface area contributed by atoms with E-state index in [4.69, 9.17) is 5.73 Å². The molecular formula is C16H22N2S2. The maximum absolute atomic E-state index is 6.12. The highest BCUT2D eigenvalue weighted by Gasteiger charge is 2.34. The molecule has 1 aliphatic carbocycles. The Morgan fingerprint density at radius 2 is 2.15 bits per heavy atom. The van der Waals surface area contributed by atoms with Gasteiger partial charge in [-0.1, -0.05) is 13.0 Å². The third-order valence-corrected chi connectivity index (χ3v) is 6.11. The Hall–Kier alpha value is -0.680. The maximum atomic E-state index is 6.12. The summed E-state index contributed by atoms with van der Waals surface area (Å²) in [6.07, 6.45) is 3.78. The van der Waals surface area contributed by atoms with E-state index in [1.165, 1.54) is 27.5 Å². The molecule has 1 saturated carbocycles. The summed E-state index contributed by atoms with van der Waals surface area (Å²) in [4.78, 5) is 6.97. The summed E-state index contributed by atoms with van der Waals surface area (Å²) >= 11 is 3.78. The van der Waals surface area contributed by atoms with E-state index in [0.29, 0.717) is 12.6 Å². The van der Waals surface area contributed by atoms with Crippen molar-refractivity contribution in [1.82, 2.24) is 4.90 Å². The molecule has 2 nitrogen and oxygen atoms in total. The summed E-state index contributed by atoms with van der Waals surface area (Å²) in [5, 5.41) is 2.16. The molecule has 2 aromatic rings. The number of nitrogens with two attached hydrogens (primary N) is 1. The molecule has 0 aliphatic heterocycles. The average Bonchev–Trinajstić information content (AvgIpc) is 2.99. The Kier molecular flexibility index (Phi) is 4.56. The minimum Gasteiger partial charge on any atom is -0.329 e. The minimum absolute atomic E-state index is 0.384. The fourth-order valence-corrected chi connectivity index (χ4v) is 4.46. The standard InChI is InChI=1S/C16H22N2S2/c1-2-13-7-8-16(20-13)15(10-17)18(12-5-6-12)11-14-4-3-9-19-14/h3-4,7-9,12,15H,2,5-6,10-11,17H2,1H3. The molecule has 3 rings (SSSR count). The molecule has 4 heteroatoms. The van der Waals surface area contributed by atoms with Crippen LogP contribution in [-0.2, 0) is 13.0 Å². The quantitative estimate of drug-likeness (QED) is 0.836. The molecule has 2 heterocycles. The highest BCUT2D eigenvalue weighted by Crippen LogP contribution is 2.38. The van der Waals surface area contributed by atoms with E-state index >= 15 is 0 Å². The number of nitrogens with zero attached hydrogens (tertiary/aromatic N) is 1. The Morgan fingerprint density at radius 3 is 2.70 bits per heavy atom. The smallest absolute Gasteiger partial charge is 0.0570 e. The van der Waals surface area contributed by atoms with Gasteiger partial charge in [0.25, 0.3) is 0 Å². The first-order valence-corrected chi connectivity index (χ1v) is 9.08. The third-order valence-electron chi connectivity index (χ3n) is 3.92. The van der Waals surface area contributed by atoms with Gasteiger partial charge >= 0.3 is 0 Å². The van der Waals surface area contributed by atoms with Crippen LogP contribution in [0.4, 0.5) is 0 Å². The normalized spacial score (nSPS) is 16.8. The summed E-state index contributed by atoms with van der Waals surface area (Å²) in [6.45, 7) is 3.98. The van der Waals surface area contributed by atoms with Crippen LogP contribution in [0.25, 0.3) is 0 Å². The second-order valence-electron chi connectivity index (χ2n) is 5.39. The van der Waals surface area contributed by atoms with Crippen molar-refractivity contribution < 1.29 is 0 Å². The van der Waals surface area contributed by atoms with Crippen molar-refractivity contribution in [3.8, 4) is 0 Å². The van der Waals surface area contributed by atoms with Crippen molar-refractivity contribution in [1.29, 1.82) is 0 Å². The lowest BCUT2D eigenvalue weighted by atomic mass is 10.2. The van der Waals surface area contributed by atoms with Crippen molar-refractivity contribution in [3.63, 3.8) is 0 Å². The van der Waals surface area contributed by atoms with Crippen LogP contribution in [0.3, 0.4) is 0 Å². The van der Waals surface area contributed by atoms with Crippen molar-refractivity contribution in [3.05, 3.63) is 44.3 Å². The lowest BCUT2D eigenvalue weighted by Gasteiger charge is -2.30. The van der Waals surface area contributed by atoms with Gasteiger partial charge in [-0.3, -0.25) is 4.90 Å². The van der Waals surface area contributed by atoms with Crippen molar-refractivity contribution >= 4 is 22.7 Å². The van der Waals surface area contributed by atoms with Gasteiger partial charge in [0.1, 0.15) is 0 Å². The topological polar surface area (TPSA) is 29.3 Å². The number of aryl methyl sites for hydroxylation is 1. The van der Waals surface area contributed by atoms with Crippen LogP contribution in [0.2, 0.25) is 0 Å². The molecule has 1 fully saturated rings. The predicted molar refractivity (Wildman–Crippen MR) is 88.4 cm³/mol. The number of hydrogen-bond acceptors (Lipinski definition) is 4. The summed E-state index contributed by atoms with van der Waals surface area (Å²) < 4.78 is 0. The minimum atomic E-state index is 0.384. The van der Waals surface area contributed by atoms with E-state index in [9.17, 15) is 0 Å². The fraction of sp³-hybridized carbons (Fsp3) is 0.500. The fourth-order valence-electron chi connectivity index (χ4n) is 2.66. The second-order valence-corrected chi connectivity index (χ2v) is 7.62. The first kappa shape index (κ1) is 14.3. The Labute approximate surface area is 129 Å². The van der Waals surface area contributed by atoms with Crippen LogP contribution in [0.15, 0.2) is 29.6 Å². The molecule has 108 valence electrons. The molecule has 0 amide bonds. The average molecular weight is 307 g/mol. The highest BCUT2D eigenvalue weighted by atomic mass is 32.1. The van der Waals surface area contributed by atoms with E-state index < -0.39 is 0 Å². The lowest BCUT2D eigenvalue weighted by Crippen LogP contribution is -2.34. The van der Waals surface area contributed by atoms with Gasteiger partial charge in [0.2, 0.25) is 0 Å². The van der Waals surface area contributed by atoms with Gasteiger partial charge in [0.15, 0.2) is 0 Å². The third kappa shape index (κ3) is 3.14. The van der Waals surface area contributed by atoms with E-state index in [-0.39, 0.29) is 0 Å². The molecule has 0 aromatic carbocycles. The monoisotopic (exact) mass is 306 g/mol. The second kappa shape index (κ2) is 6.39. The number of thiophene rings is 2. The maximum Gasteiger partial charge on any atom is 0.0570 e. The molecule has 2 N–H and O–H groups in total. The van der Waals surface area contributed by atoms with Crippen molar-refractivity contribution in [2.24, 2.45) is 5.73 Å². The van der Waals surface area contributed by atoms with E-state index in [1.54, 1.807) is 0 Å². The largest absolute Gasteiger partial charge is 0.329 e. The number of rotatable bonds is 7. The molecule has 1 atom stereocenters. The van der Waals surface area contributed by atoms with Crippen LogP contribution in [0.1, 0.15) is 40.4 Å². The molecule has 2 aromatic heterocycles. The van der Waals surface area contributed by atoms with E-state index in [2.05, 4.69) is 41.5 Å². The summed E-state index contributed by atoms with van der Waals surface area (Å²) in [5.74, 6) is 0. The van der Waals surface area contributed by atoms with Gasteiger partial charge in [-0.05, 0) is 42.8 Å². The summed E-state index contributed by atoms with van der Waals surface area (Å²) in [7, 11) is 0. The van der Waals surface area contributed by atoms with Gasteiger partial charge < -0.3 is 5.73 Å². The van der Waals surface area contributed by atoms with E-state index in [1.807, 2.05) is 22.7 Å². The molecule has 0 radical (unpaired) electrons. The van der Waals surface area contributed by atoms with Crippen molar-refractivity contribution in [2.75, 3.05) is 6.54 Å². The van der Waals surface area contributed by atoms with E-state index in [0.717, 1.165) is 19.0 Å². The summed E-state index contributed by atoms with van der Waals surface area (Å²) in [6, 6.07) is 10.0. The van der Waals surface area contributed by atoms with Crippen LogP contribution in [-0.4, -0.2) is 17.5 Å². The molecule has 1 aliphatic rings. The predicted octanol–water partition coefficient (Wildman–Crippen LogP) is 4.04. The molecule has 0 spiro atoms. The molecule has 1 unspecified atom stereocenters. The highest BCUT2D eigenvalue weighted by molar-refractivity contribution is 7.12. The van der Waals surface area contributed by atoms with Crippen molar-refractivity contribution in [2.45, 2.75) is 44.8 Å². The van der Waals surface area contributed by atoms with Gasteiger partial charge in [-0.2, -0.15) is 0 Å². The van der Waals surface area contributed by atoms with Gasteiger partial charge in [0.05, 0.1) is 6.04 Å². The Bertz CT molecular complexity index is 528. The van der Waals surface area contributed by atoms with Gasteiger partial charge in [0, 0.05) is 33.8 Å². The van der Waals surface area contributed by atoms with Crippen LogP contribution in [0, 0.1) is 0 Å². The number of hydrogen-bond donors (Lipinski definition) is 1. The first-order valence-electron chi connectivity index (χ1n) is 7.38. The molecule has 0 bridgehead atoms. The van der Waals surface area contributed by atoms with Crippen LogP contribution >= 0.6 is 22.7 Å². The lowest BCUT2D eigenvalue weighted by molar-refractivity contribution is 0.186. The van der Waals surface area contributed by atoms with Gasteiger partial charge in [-0.15, -0.1) is 22.7 Å². The Balaban J connectivity index is 1.80. The molecule has 20 heavy (non-hydrogen) atoms. The zero-order chi connectivity index (χ0) is 13.9. The van der Waals surface area contributed by atoms with Crippen LogP contribution < -0.4 is 5.73 Å². The van der Waals surface area contributed by atoms with Crippen LogP contribution in [0.5, 0.6) is 0 Å². The Morgan fingerprint density at radius 1 is 1.30 bits per heavy atom. The molecule has 0 saturated heterocycles. The van der Waals surface area contributed by atoms with Gasteiger partial charge in [-0.25, -0.2) is 0 Å². The zero-order valence-corrected chi connectivity index (χ0v) is 13.6. The SMILES string of the molecule is CCc1ccc(C(CN)N(Cc2cccs2)C2CC2)s1.